The summed E-state index contributed by atoms with van der Waals surface area (Å²) < 4.78 is 27.9. The van der Waals surface area contributed by atoms with Gasteiger partial charge in [0.15, 0.2) is 5.65 Å². The van der Waals surface area contributed by atoms with Gasteiger partial charge in [-0.05, 0) is 33.8 Å². The summed E-state index contributed by atoms with van der Waals surface area (Å²) in [6.45, 7) is 7.29. The number of pyridine rings is 1. The van der Waals surface area contributed by atoms with Crippen LogP contribution in [0.4, 0.5) is 5.69 Å². The zero-order chi connectivity index (χ0) is 14.2. The van der Waals surface area contributed by atoms with Gasteiger partial charge in [-0.2, -0.15) is 5.10 Å². The fraction of sp³-hybridized carbons (Fsp3) is 0.500. The molecule has 1 N–H and O–H groups in total. The summed E-state index contributed by atoms with van der Waals surface area (Å²) in [5, 5.41) is 4.58. The number of hydrogen-bond donors (Lipinski definition) is 1. The van der Waals surface area contributed by atoms with Crippen molar-refractivity contribution >= 4 is 26.7 Å². The summed E-state index contributed by atoms with van der Waals surface area (Å²) in [5.74, 6) is 0. The molecular weight excluding hydrogens is 264 g/mol. The maximum atomic E-state index is 11.8. The third kappa shape index (κ3) is 2.70. The average molecular weight is 282 g/mol. The molecule has 0 bridgehead atoms. The molecule has 0 aliphatic rings. The Morgan fingerprint density at radius 2 is 1.89 bits per heavy atom. The summed E-state index contributed by atoms with van der Waals surface area (Å²) in [5.41, 5.74) is 1.21. The van der Waals surface area contributed by atoms with Gasteiger partial charge in [-0.1, -0.05) is 0 Å². The van der Waals surface area contributed by atoms with Gasteiger partial charge >= 0.3 is 0 Å². The smallest absolute Gasteiger partial charge is 0.235 e. The molecule has 0 amide bonds. The molecule has 2 heterocycles. The van der Waals surface area contributed by atoms with Crippen LogP contribution in [0.2, 0.25) is 0 Å². The summed E-state index contributed by atoms with van der Waals surface area (Å²) >= 11 is 0. The Kier molecular flexibility index (Phi) is 3.49. The van der Waals surface area contributed by atoms with Crippen LogP contribution in [0.3, 0.4) is 0 Å². The molecule has 0 spiro atoms. The standard InChI is InChI=1S/C12H18N4O2S/c1-8(2)16-12-10(6-14-16)5-11(7-13-12)15-19(17,18)9(3)4/h5-9,15H,1-4H3. The van der Waals surface area contributed by atoms with E-state index in [-0.39, 0.29) is 6.04 Å². The molecule has 6 nitrogen and oxygen atoms in total. The van der Waals surface area contributed by atoms with Crippen molar-refractivity contribution in [1.29, 1.82) is 0 Å². The van der Waals surface area contributed by atoms with E-state index in [9.17, 15) is 8.42 Å². The normalized spacial score (nSPS) is 12.5. The highest BCUT2D eigenvalue weighted by atomic mass is 32.2. The van der Waals surface area contributed by atoms with Gasteiger partial charge < -0.3 is 0 Å². The molecule has 0 atom stereocenters. The van der Waals surface area contributed by atoms with Crippen molar-refractivity contribution in [3.63, 3.8) is 0 Å². The summed E-state index contributed by atoms with van der Waals surface area (Å²) in [4.78, 5) is 4.28. The first-order chi connectivity index (χ1) is 8.81. The van der Waals surface area contributed by atoms with Crippen molar-refractivity contribution < 1.29 is 8.42 Å². The monoisotopic (exact) mass is 282 g/mol. The van der Waals surface area contributed by atoms with E-state index in [0.717, 1.165) is 11.0 Å². The molecule has 0 radical (unpaired) electrons. The topological polar surface area (TPSA) is 76.9 Å². The van der Waals surface area contributed by atoms with Crippen molar-refractivity contribution in [3.8, 4) is 0 Å². The van der Waals surface area contributed by atoms with E-state index in [1.54, 1.807) is 30.8 Å². The van der Waals surface area contributed by atoms with Crippen LogP contribution in [0.5, 0.6) is 0 Å². The first-order valence-corrected chi connectivity index (χ1v) is 7.71. The minimum atomic E-state index is -3.35. The number of aromatic nitrogens is 3. The first kappa shape index (κ1) is 13.8. The maximum Gasteiger partial charge on any atom is 0.235 e. The van der Waals surface area contributed by atoms with E-state index >= 15 is 0 Å². The van der Waals surface area contributed by atoms with Gasteiger partial charge in [0.25, 0.3) is 0 Å². The molecule has 0 fully saturated rings. The Labute approximate surface area is 112 Å². The lowest BCUT2D eigenvalue weighted by molar-refractivity contribution is 0.546. The SMILES string of the molecule is CC(C)n1ncc2cc(NS(=O)(=O)C(C)C)cnc21. The molecule has 104 valence electrons. The van der Waals surface area contributed by atoms with Crippen LogP contribution >= 0.6 is 0 Å². The van der Waals surface area contributed by atoms with Gasteiger partial charge in [0, 0.05) is 11.4 Å². The number of nitrogens with one attached hydrogen (secondary N) is 1. The molecule has 0 saturated carbocycles. The molecule has 2 aromatic rings. The van der Waals surface area contributed by atoms with E-state index < -0.39 is 15.3 Å². The Hall–Kier alpha value is -1.63. The van der Waals surface area contributed by atoms with Crippen molar-refractivity contribution in [3.05, 3.63) is 18.5 Å². The van der Waals surface area contributed by atoms with Gasteiger partial charge in [0.05, 0.1) is 23.3 Å². The van der Waals surface area contributed by atoms with Crippen molar-refractivity contribution in [2.45, 2.75) is 39.0 Å². The minimum Gasteiger partial charge on any atom is -0.282 e. The lowest BCUT2D eigenvalue weighted by Gasteiger charge is -2.11. The molecule has 0 saturated heterocycles. The van der Waals surface area contributed by atoms with Crippen molar-refractivity contribution in [1.82, 2.24) is 14.8 Å². The fourth-order valence-electron chi connectivity index (χ4n) is 1.66. The number of fused-ring (bicyclic) bond motifs is 1. The molecule has 0 aromatic carbocycles. The highest BCUT2D eigenvalue weighted by Crippen LogP contribution is 2.20. The van der Waals surface area contributed by atoms with Crippen LogP contribution in [0, 0.1) is 0 Å². The second-order valence-electron chi connectivity index (χ2n) is 5.02. The Morgan fingerprint density at radius 1 is 1.21 bits per heavy atom. The third-order valence-corrected chi connectivity index (χ3v) is 4.56. The number of anilines is 1. The Balaban J connectivity index is 2.39. The van der Waals surface area contributed by atoms with Crippen molar-refractivity contribution in [2.75, 3.05) is 4.72 Å². The molecule has 0 unspecified atom stereocenters. The van der Waals surface area contributed by atoms with E-state index in [0.29, 0.717) is 5.69 Å². The predicted octanol–water partition coefficient (Wildman–Crippen LogP) is 2.16. The summed E-state index contributed by atoms with van der Waals surface area (Å²) in [6, 6.07) is 1.96. The van der Waals surface area contributed by atoms with Crippen LogP contribution in [0.1, 0.15) is 33.7 Å². The fourth-order valence-corrected chi connectivity index (χ4v) is 2.33. The summed E-state index contributed by atoms with van der Waals surface area (Å²) in [6.07, 6.45) is 3.21. The van der Waals surface area contributed by atoms with Gasteiger partial charge in [0.1, 0.15) is 0 Å². The van der Waals surface area contributed by atoms with Gasteiger partial charge in [-0.25, -0.2) is 18.1 Å². The Bertz CT molecular complexity index is 689. The van der Waals surface area contributed by atoms with E-state index in [2.05, 4.69) is 14.8 Å². The molecule has 2 rings (SSSR count). The highest BCUT2D eigenvalue weighted by Gasteiger charge is 2.16. The van der Waals surface area contributed by atoms with Crippen LogP contribution in [0.15, 0.2) is 18.5 Å². The molecule has 7 heteroatoms. The van der Waals surface area contributed by atoms with Crippen LogP contribution < -0.4 is 4.72 Å². The average Bonchev–Trinajstić information content (AvgIpc) is 2.71. The van der Waals surface area contributed by atoms with Crippen LogP contribution in [-0.2, 0) is 10.0 Å². The maximum absolute atomic E-state index is 11.8. The zero-order valence-electron chi connectivity index (χ0n) is 11.5. The second kappa shape index (κ2) is 4.80. The number of sulfonamides is 1. The molecule has 19 heavy (non-hydrogen) atoms. The van der Waals surface area contributed by atoms with Crippen LogP contribution in [-0.4, -0.2) is 28.4 Å². The molecule has 0 aliphatic heterocycles. The quantitative estimate of drug-likeness (QED) is 0.932. The molecular formula is C12H18N4O2S. The number of rotatable bonds is 4. The van der Waals surface area contributed by atoms with E-state index in [4.69, 9.17) is 0 Å². The number of nitrogens with zero attached hydrogens (tertiary/aromatic N) is 3. The van der Waals surface area contributed by atoms with Gasteiger partial charge in [0.2, 0.25) is 10.0 Å². The van der Waals surface area contributed by atoms with Crippen molar-refractivity contribution in [2.24, 2.45) is 0 Å². The molecule has 0 aliphatic carbocycles. The minimum absolute atomic E-state index is 0.211. The lowest BCUT2D eigenvalue weighted by Crippen LogP contribution is -2.22. The van der Waals surface area contributed by atoms with Gasteiger partial charge in [-0.3, -0.25) is 4.72 Å². The summed E-state index contributed by atoms with van der Waals surface area (Å²) in [7, 11) is -3.35. The lowest BCUT2D eigenvalue weighted by atomic mass is 10.3. The molecule has 2 aromatic heterocycles. The number of hydrogen-bond acceptors (Lipinski definition) is 4. The van der Waals surface area contributed by atoms with Gasteiger partial charge in [-0.15, -0.1) is 0 Å². The van der Waals surface area contributed by atoms with E-state index in [1.165, 1.54) is 6.20 Å². The zero-order valence-corrected chi connectivity index (χ0v) is 12.3. The highest BCUT2D eigenvalue weighted by molar-refractivity contribution is 7.93. The predicted molar refractivity (Wildman–Crippen MR) is 75.6 cm³/mol. The van der Waals surface area contributed by atoms with E-state index in [1.807, 2.05) is 13.8 Å². The second-order valence-corrected chi connectivity index (χ2v) is 7.25. The largest absolute Gasteiger partial charge is 0.282 e. The first-order valence-electron chi connectivity index (χ1n) is 6.16. The van der Waals surface area contributed by atoms with Crippen LogP contribution in [0.25, 0.3) is 11.0 Å². The third-order valence-electron chi connectivity index (χ3n) is 2.80. The Morgan fingerprint density at radius 3 is 2.47 bits per heavy atom.